The minimum atomic E-state index is -4.08. The van der Waals surface area contributed by atoms with Crippen molar-refractivity contribution < 1.29 is 13.2 Å². The van der Waals surface area contributed by atoms with Gasteiger partial charge in [-0.2, -0.15) is 13.2 Å². The SMILES string of the molecule is FC(F)(F)SCCN1C[C@@H]2CCCN[C@@H]2C1. The lowest BCUT2D eigenvalue weighted by atomic mass is 9.94. The van der Waals surface area contributed by atoms with Gasteiger partial charge in [0, 0.05) is 31.4 Å². The van der Waals surface area contributed by atoms with E-state index in [9.17, 15) is 13.2 Å². The molecule has 16 heavy (non-hydrogen) atoms. The number of hydrogen-bond donors (Lipinski definition) is 1. The highest BCUT2D eigenvalue weighted by Gasteiger charge is 2.34. The van der Waals surface area contributed by atoms with E-state index in [0.29, 0.717) is 18.5 Å². The monoisotopic (exact) mass is 254 g/mol. The van der Waals surface area contributed by atoms with E-state index in [1.54, 1.807) is 0 Å². The van der Waals surface area contributed by atoms with E-state index >= 15 is 0 Å². The first-order valence-electron chi connectivity index (χ1n) is 5.71. The number of hydrogen-bond acceptors (Lipinski definition) is 3. The van der Waals surface area contributed by atoms with Crippen LogP contribution in [-0.2, 0) is 0 Å². The van der Waals surface area contributed by atoms with E-state index in [-0.39, 0.29) is 17.5 Å². The van der Waals surface area contributed by atoms with Crippen LogP contribution in [0, 0.1) is 5.92 Å². The quantitative estimate of drug-likeness (QED) is 0.828. The van der Waals surface area contributed by atoms with Crippen LogP contribution in [0.3, 0.4) is 0 Å². The second-order valence-corrected chi connectivity index (χ2v) is 5.68. The van der Waals surface area contributed by atoms with Gasteiger partial charge in [-0.15, -0.1) is 0 Å². The lowest BCUT2D eigenvalue weighted by molar-refractivity contribution is -0.0328. The van der Waals surface area contributed by atoms with Crippen LogP contribution in [0.5, 0.6) is 0 Å². The number of rotatable bonds is 3. The molecule has 0 unspecified atom stereocenters. The molecule has 0 radical (unpaired) electrons. The second-order valence-electron chi connectivity index (χ2n) is 4.52. The van der Waals surface area contributed by atoms with E-state index in [1.165, 1.54) is 12.8 Å². The van der Waals surface area contributed by atoms with Crippen molar-refractivity contribution in [2.75, 3.05) is 31.9 Å². The predicted molar refractivity (Wildman–Crippen MR) is 59.5 cm³/mol. The normalized spacial score (nSPS) is 31.7. The summed E-state index contributed by atoms with van der Waals surface area (Å²) in [4.78, 5) is 2.16. The van der Waals surface area contributed by atoms with E-state index in [2.05, 4.69) is 10.2 Å². The predicted octanol–water partition coefficient (Wildman–Crippen LogP) is 1.92. The first-order chi connectivity index (χ1) is 7.54. The van der Waals surface area contributed by atoms with E-state index in [1.807, 2.05) is 0 Å². The molecule has 2 atom stereocenters. The van der Waals surface area contributed by atoms with Crippen molar-refractivity contribution in [1.29, 1.82) is 0 Å². The molecule has 2 heterocycles. The van der Waals surface area contributed by atoms with Gasteiger partial charge in [0.05, 0.1) is 0 Å². The molecule has 0 amide bonds. The first kappa shape index (κ1) is 12.5. The summed E-state index contributed by atoms with van der Waals surface area (Å²) in [7, 11) is 0. The Bertz CT molecular complexity index is 221. The molecule has 94 valence electrons. The van der Waals surface area contributed by atoms with Crippen LogP contribution in [0.1, 0.15) is 12.8 Å². The zero-order chi connectivity index (χ0) is 11.6. The molecule has 6 heteroatoms. The van der Waals surface area contributed by atoms with Gasteiger partial charge in [0.25, 0.3) is 0 Å². The molecule has 0 aromatic heterocycles. The molecule has 2 rings (SSSR count). The summed E-state index contributed by atoms with van der Waals surface area (Å²) >= 11 is 0.0916. The Morgan fingerprint density at radius 3 is 2.81 bits per heavy atom. The Hall–Kier alpha value is 0.0600. The zero-order valence-corrected chi connectivity index (χ0v) is 9.91. The van der Waals surface area contributed by atoms with Crippen molar-refractivity contribution in [3.63, 3.8) is 0 Å². The molecular formula is C10H17F3N2S. The van der Waals surface area contributed by atoms with Crippen molar-refractivity contribution >= 4 is 11.8 Å². The van der Waals surface area contributed by atoms with Gasteiger partial charge in [-0.3, -0.25) is 0 Å². The van der Waals surface area contributed by atoms with Crippen molar-refractivity contribution in [3.8, 4) is 0 Å². The van der Waals surface area contributed by atoms with E-state index in [0.717, 1.165) is 19.6 Å². The summed E-state index contributed by atoms with van der Waals surface area (Å²) in [5.41, 5.74) is -4.08. The zero-order valence-electron chi connectivity index (χ0n) is 9.09. The summed E-state index contributed by atoms with van der Waals surface area (Å²) in [6.07, 6.45) is 2.42. The summed E-state index contributed by atoms with van der Waals surface area (Å²) in [6.45, 7) is 3.50. The lowest BCUT2D eigenvalue weighted by Gasteiger charge is -2.24. The fraction of sp³-hybridized carbons (Fsp3) is 1.00. The highest BCUT2D eigenvalue weighted by Crippen LogP contribution is 2.31. The first-order valence-corrected chi connectivity index (χ1v) is 6.69. The lowest BCUT2D eigenvalue weighted by Crippen LogP contribution is -2.40. The molecular weight excluding hydrogens is 237 g/mol. The van der Waals surface area contributed by atoms with Crippen molar-refractivity contribution in [3.05, 3.63) is 0 Å². The van der Waals surface area contributed by atoms with Crippen LogP contribution in [0.4, 0.5) is 13.2 Å². The van der Waals surface area contributed by atoms with Gasteiger partial charge in [-0.25, -0.2) is 0 Å². The average Bonchev–Trinajstić information content (AvgIpc) is 2.57. The Morgan fingerprint density at radius 1 is 1.31 bits per heavy atom. The molecule has 0 aromatic carbocycles. The maximum Gasteiger partial charge on any atom is 0.441 e. The fourth-order valence-corrected chi connectivity index (χ4v) is 3.19. The largest absolute Gasteiger partial charge is 0.441 e. The number of alkyl halides is 3. The van der Waals surface area contributed by atoms with Gasteiger partial charge in [0.2, 0.25) is 0 Å². The van der Waals surface area contributed by atoms with Crippen LogP contribution in [0.25, 0.3) is 0 Å². The summed E-state index contributed by atoms with van der Waals surface area (Å²) < 4.78 is 35.9. The van der Waals surface area contributed by atoms with Crippen molar-refractivity contribution in [1.82, 2.24) is 10.2 Å². The molecule has 0 aromatic rings. The van der Waals surface area contributed by atoms with Gasteiger partial charge in [0.1, 0.15) is 0 Å². The fourth-order valence-electron chi connectivity index (χ4n) is 2.61. The Labute approximate surface area is 97.9 Å². The van der Waals surface area contributed by atoms with Crippen molar-refractivity contribution in [2.24, 2.45) is 5.92 Å². The highest BCUT2D eigenvalue weighted by molar-refractivity contribution is 8.00. The minimum Gasteiger partial charge on any atom is -0.312 e. The maximum atomic E-state index is 12.0. The van der Waals surface area contributed by atoms with E-state index in [4.69, 9.17) is 0 Å². The summed E-state index contributed by atoms with van der Waals surface area (Å²) in [6, 6.07) is 0.518. The van der Waals surface area contributed by atoms with Crippen LogP contribution in [-0.4, -0.2) is 48.4 Å². The third kappa shape index (κ3) is 3.53. The molecule has 2 aliphatic rings. The maximum absolute atomic E-state index is 12.0. The standard InChI is InChI=1S/C10H17F3N2S/c11-10(12,13)16-5-4-15-6-8-2-1-3-14-9(8)7-15/h8-9,14H,1-7H2/t8-,9+/m0/s1. The van der Waals surface area contributed by atoms with Gasteiger partial charge in [-0.05, 0) is 37.1 Å². The van der Waals surface area contributed by atoms with Crippen LogP contribution >= 0.6 is 11.8 Å². The molecule has 0 spiro atoms. The molecule has 2 fully saturated rings. The number of likely N-dealkylation sites (tertiary alicyclic amines) is 1. The number of piperidine rings is 1. The smallest absolute Gasteiger partial charge is 0.312 e. The van der Waals surface area contributed by atoms with Crippen LogP contribution < -0.4 is 5.32 Å². The molecule has 0 aliphatic carbocycles. The molecule has 0 saturated carbocycles. The highest BCUT2D eigenvalue weighted by atomic mass is 32.2. The number of nitrogens with one attached hydrogen (secondary N) is 1. The Morgan fingerprint density at radius 2 is 2.12 bits per heavy atom. The van der Waals surface area contributed by atoms with Gasteiger partial charge in [-0.1, -0.05) is 0 Å². The molecule has 0 bridgehead atoms. The van der Waals surface area contributed by atoms with E-state index < -0.39 is 5.51 Å². The minimum absolute atomic E-state index is 0.0916. The van der Waals surface area contributed by atoms with Gasteiger partial charge >= 0.3 is 5.51 Å². The summed E-state index contributed by atoms with van der Waals surface area (Å²) in [5, 5.41) is 3.45. The van der Waals surface area contributed by atoms with Gasteiger partial charge < -0.3 is 10.2 Å². The molecule has 2 saturated heterocycles. The second kappa shape index (κ2) is 5.14. The van der Waals surface area contributed by atoms with Crippen molar-refractivity contribution in [2.45, 2.75) is 24.4 Å². The number of thioether (sulfide) groups is 1. The topological polar surface area (TPSA) is 15.3 Å². The molecule has 1 N–H and O–H groups in total. The number of fused-ring (bicyclic) bond motifs is 1. The third-order valence-corrected chi connectivity index (χ3v) is 4.06. The molecule has 2 aliphatic heterocycles. The van der Waals surface area contributed by atoms with Gasteiger partial charge in [0.15, 0.2) is 0 Å². The summed E-state index contributed by atoms with van der Waals surface area (Å²) in [5.74, 6) is 0.813. The number of nitrogens with zero attached hydrogens (tertiary/aromatic N) is 1. The average molecular weight is 254 g/mol. The molecule has 2 nitrogen and oxygen atoms in total. The Balaban J connectivity index is 1.68. The van der Waals surface area contributed by atoms with Crippen LogP contribution in [0.15, 0.2) is 0 Å². The third-order valence-electron chi connectivity index (χ3n) is 3.35. The van der Waals surface area contributed by atoms with Crippen LogP contribution in [0.2, 0.25) is 0 Å². The number of halogens is 3. The Kier molecular flexibility index (Phi) is 4.02.